The number of ether oxygens (including phenoxy) is 2. The first-order chi connectivity index (χ1) is 14.8. The third-order valence-corrected chi connectivity index (χ3v) is 4.57. The van der Waals surface area contributed by atoms with Gasteiger partial charge in [0.1, 0.15) is 0 Å². The van der Waals surface area contributed by atoms with Gasteiger partial charge in [0.05, 0.1) is 18.3 Å². The highest BCUT2D eigenvalue weighted by Gasteiger charge is 2.13. The minimum Gasteiger partial charge on any atom is -0.452 e. The number of hydrogen-bond acceptors (Lipinski definition) is 5. The average Bonchev–Trinajstić information content (AvgIpc) is 2.77. The number of rotatable bonds is 10. The summed E-state index contributed by atoms with van der Waals surface area (Å²) in [5, 5.41) is 2.65. The molecule has 0 radical (unpaired) electrons. The van der Waals surface area contributed by atoms with Gasteiger partial charge in [-0.15, -0.1) is 0 Å². The minimum absolute atomic E-state index is 0.0569. The van der Waals surface area contributed by atoms with E-state index in [0.29, 0.717) is 36.5 Å². The topological polar surface area (TPSA) is 84.9 Å². The highest BCUT2D eigenvalue weighted by Crippen LogP contribution is 2.12. The summed E-state index contributed by atoms with van der Waals surface area (Å²) in [7, 11) is 0. The van der Waals surface area contributed by atoms with Crippen molar-refractivity contribution < 1.29 is 23.9 Å². The lowest BCUT2D eigenvalue weighted by Gasteiger charge is -2.18. The fourth-order valence-electron chi connectivity index (χ4n) is 2.80. The van der Waals surface area contributed by atoms with Gasteiger partial charge in [-0.1, -0.05) is 12.1 Å². The molecule has 2 amide bonds. The van der Waals surface area contributed by atoms with Crippen molar-refractivity contribution in [3.63, 3.8) is 0 Å². The molecule has 1 N–H and O–H groups in total. The molecule has 0 unspecified atom stereocenters. The van der Waals surface area contributed by atoms with Crippen LogP contribution in [0.4, 0.5) is 5.69 Å². The predicted molar refractivity (Wildman–Crippen MR) is 119 cm³/mol. The molecule has 0 aliphatic rings. The highest BCUT2D eigenvalue weighted by molar-refractivity contribution is 5.97. The second kappa shape index (κ2) is 11.9. The van der Waals surface area contributed by atoms with E-state index in [-0.39, 0.29) is 12.0 Å². The van der Waals surface area contributed by atoms with Crippen LogP contribution in [0.25, 0.3) is 0 Å². The maximum Gasteiger partial charge on any atom is 0.338 e. The van der Waals surface area contributed by atoms with Crippen molar-refractivity contribution in [2.75, 3.05) is 25.0 Å². The molecule has 0 spiro atoms. The third kappa shape index (κ3) is 7.53. The third-order valence-electron chi connectivity index (χ3n) is 4.57. The number of esters is 1. The molecule has 7 nitrogen and oxygen atoms in total. The van der Waals surface area contributed by atoms with Crippen LogP contribution in [-0.2, 0) is 20.9 Å². The van der Waals surface area contributed by atoms with Gasteiger partial charge in [-0.25, -0.2) is 4.79 Å². The van der Waals surface area contributed by atoms with Crippen molar-refractivity contribution >= 4 is 23.5 Å². The van der Waals surface area contributed by atoms with Crippen LogP contribution in [0.5, 0.6) is 0 Å². The van der Waals surface area contributed by atoms with Crippen molar-refractivity contribution in [1.29, 1.82) is 0 Å². The molecule has 166 valence electrons. The molecule has 31 heavy (non-hydrogen) atoms. The molecule has 0 saturated carbocycles. The van der Waals surface area contributed by atoms with Crippen LogP contribution in [-0.4, -0.2) is 48.5 Å². The van der Waals surface area contributed by atoms with Gasteiger partial charge in [-0.05, 0) is 69.7 Å². The Balaban J connectivity index is 1.83. The van der Waals surface area contributed by atoms with Crippen LogP contribution in [0.15, 0.2) is 48.5 Å². The Labute approximate surface area is 183 Å². The van der Waals surface area contributed by atoms with Crippen molar-refractivity contribution in [2.45, 2.75) is 40.4 Å². The van der Waals surface area contributed by atoms with Crippen molar-refractivity contribution in [3.05, 3.63) is 65.2 Å². The Morgan fingerprint density at radius 1 is 0.903 bits per heavy atom. The molecule has 2 aromatic rings. The molecule has 0 aliphatic carbocycles. The lowest BCUT2D eigenvalue weighted by molar-refractivity contribution is -0.119. The van der Waals surface area contributed by atoms with Crippen molar-refractivity contribution in [1.82, 2.24) is 4.90 Å². The van der Waals surface area contributed by atoms with Gasteiger partial charge in [0, 0.05) is 24.3 Å². The Morgan fingerprint density at radius 2 is 1.48 bits per heavy atom. The second-order valence-electron chi connectivity index (χ2n) is 7.24. The van der Waals surface area contributed by atoms with Gasteiger partial charge in [0.2, 0.25) is 0 Å². The number of anilines is 1. The lowest BCUT2D eigenvalue weighted by atomic mass is 10.1. The van der Waals surface area contributed by atoms with Crippen LogP contribution in [0, 0.1) is 0 Å². The number of nitrogens with one attached hydrogen (secondary N) is 1. The van der Waals surface area contributed by atoms with Crippen LogP contribution < -0.4 is 5.32 Å². The number of carbonyl (C=O) groups excluding carboxylic acids is 3. The zero-order valence-corrected chi connectivity index (χ0v) is 18.5. The predicted octanol–water partition coefficient (Wildman–Crippen LogP) is 3.89. The summed E-state index contributed by atoms with van der Waals surface area (Å²) in [6.45, 7) is 9.08. The van der Waals surface area contributed by atoms with Crippen LogP contribution in [0.3, 0.4) is 0 Å². The number of amides is 2. The van der Waals surface area contributed by atoms with Crippen LogP contribution in [0.2, 0.25) is 0 Å². The molecular formula is C24H30N2O5. The molecule has 0 fully saturated rings. The van der Waals surface area contributed by atoms with Crippen LogP contribution >= 0.6 is 0 Å². The molecule has 2 rings (SSSR count). The lowest BCUT2D eigenvalue weighted by Crippen LogP contribution is -2.30. The van der Waals surface area contributed by atoms with Crippen LogP contribution in [0.1, 0.15) is 54.0 Å². The second-order valence-corrected chi connectivity index (χ2v) is 7.24. The molecule has 0 heterocycles. The van der Waals surface area contributed by atoms with Gasteiger partial charge < -0.3 is 19.7 Å². The van der Waals surface area contributed by atoms with E-state index in [1.807, 2.05) is 27.7 Å². The molecular weight excluding hydrogens is 396 g/mol. The fourth-order valence-corrected chi connectivity index (χ4v) is 2.80. The summed E-state index contributed by atoms with van der Waals surface area (Å²) in [5.74, 6) is -1.09. The molecule has 0 saturated heterocycles. The summed E-state index contributed by atoms with van der Waals surface area (Å²) in [4.78, 5) is 38.3. The molecule has 0 bridgehead atoms. The fraction of sp³-hybridized carbons (Fsp3) is 0.375. The number of benzene rings is 2. The number of carbonyl (C=O) groups is 3. The van der Waals surface area contributed by atoms with Crippen molar-refractivity contribution in [3.8, 4) is 0 Å². The smallest absolute Gasteiger partial charge is 0.338 e. The quantitative estimate of drug-likeness (QED) is 0.583. The maximum atomic E-state index is 12.3. The summed E-state index contributed by atoms with van der Waals surface area (Å²) < 4.78 is 10.6. The molecule has 2 aromatic carbocycles. The SMILES string of the molecule is CCN(CC)C(=O)c1ccc(NC(=O)COC(=O)c2ccc(COC(C)C)cc2)cc1. The summed E-state index contributed by atoms with van der Waals surface area (Å²) in [6.07, 6.45) is 0.127. The maximum absolute atomic E-state index is 12.3. The summed E-state index contributed by atoms with van der Waals surface area (Å²) in [5.41, 5.74) is 2.38. The van der Waals surface area contributed by atoms with E-state index in [0.717, 1.165) is 5.56 Å². The summed E-state index contributed by atoms with van der Waals surface area (Å²) >= 11 is 0. The Bertz CT molecular complexity index is 872. The number of hydrogen-bond donors (Lipinski definition) is 1. The number of nitrogens with zero attached hydrogens (tertiary/aromatic N) is 1. The molecule has 0 atom stereocenters. The van der Waals surface area contributed by atoms with E-state index in [2.05, 4.69) is 5.32 Å². The van der Waals surface area contributed by atoms with Crippen molar-refractivity contribution in [2.24, 2.45) is 0 Å². The van der Waals surface area contributed by atoms with Gasteiger partial charge in [0.25, 0.3) is 11.8 Å². The highest BCUT2D eigenvalue weighted by atomic mass is 16.5. The van der Waals surface area contributed by atoms with Gasteiger partial charge >= 0.3 is 5.97 Å². The zero-order valence-electron chi connectivity index (χ0n) is 18.5. The van der Waals surface area contributed by atoms with E-state index >= 15 is 0 Å². The van der Waals surface area contributed by atoms with Gasteiger partial charge in [0.15, 0.2) is 6.61 Å². The van der Waals surface area contributed by atoms with E-state index in [1.54, 1.807) is 53.4 Å². The van der Waals surface area contributed by atoms with E-state index in [9.17, 15) is 14.4 Å². The largest absolute Gasteiger partial charge is 0.452 e. The van der Waals surface area contributed by atoms with Gasteiger partial charge in [-0.3, -0.25) is 9.59 Å². The minimum atomic E-state index is -0.577. The average molecular weight is 427 g/mol. The first-order valence-corrected chi connectivity index (χ1v) is 10.4. The van der Waals surface area contributed by atoms with E-state index < -0.39 is 18.5 Å². The normalized spacial score (nSPS) is 10.6. The van der Waals surface area contributed by atoms with Gasteiger partial charge in [-0.2, -0.15) is 0 Å². The summed E-state index contributed by atoms with van der Waals surface area (Å²) in [6, 6.07) is 13.5. The first-order valence-electron chi connectivity index (χ1n) is 10.4. The standard InChI is InChI=1S/C24H30N2O5/c1-5-26(6-2)23(28)19-11-13-21(14-12-19)25-22(27)16-31-24(29)20-9-7-18(8-10-20)15-30-17(3)4/h7-14,17H,5-6,15-16H2,1-4H3,(H,25,27). The first kappa shape index (κ1) is 24.1. The van der Waals surface area contributed by atoms with E-state index in [4.69, 9.17) is 9.47 Å². The van der Waals surface area contributed by atoms with E-state index in [1.165, 1.54) is 0 Å². The molecule has 7 heteroatoms. The Morgan fingerprint density at radius 3 is 2.03 bits per heavy atom. The zero-order chi connectivity index (χ0) is 22.8. The molecule has 0 aliphatic heterocycles. The monoisotopic (exact) mass is 426 g/mol. The Hall–Kier alpha value is -3.19. The molecule has 0 aromatic heterocycles. The Kier molecular flexibility index (Phi) is 9.21.